The van der Waals surface area contributed by atoms with Gasteiger partial charge in [0, 0.05) is 18.8 Å². The van der Waals surface area contributed by atoms with Crippen molar-refractivity contribution in [1.82, 2.24) is 4.31 Å². The fourth-order valence-corrected chi connectivity index (χ4v) is 4.01. The summed E-state index contributed by atoms with van der Waals surface area (Å²) in [6, 6.07) is 1.65. The van der Waals surface area contributed by atoms with Gasteiger partial charge in [0.2, 0.25) is 10.0 Å². The fourth-order valence-electron chi connectivity index (χ4n) is 2.32. The number of anilines is 1. The molecule has 7 heteroatoms. The highest BCUT2D eigenvalue weighted by molar-refractivity contribution is 7.89. The van der Waals surface area contributed by atoms with E-state index >= 15 is 0 Å². The van der Waals surface area contributed by atoms with Crippen LogP contribution in [0.3, 0.4) is 0 Å². The fraction of sp³-hybridized carbons (Fsp3) is 0.500. The largest absolute Gasteiger partial charge is 0.399 e. The van der Waals surface area contributed by atoms with Gasteiger partial charge in [-0.25, -0.2) is 17.2 Å². The SMILES string of the molecule is CC1CCCN(S(=O)(=O)c2c(F)cc(N)cc2F)C1. The van der Waals surface area contributed by atoms with Crippen LogP contribution in [0.25, 0.3) is 0 Å². The molecule has 106 valence electrons. The number of halogens is 2. The van der Waals surface area contributed by atoms with Crippen LogP contribution < -0.4 is 5.73 Å². The van der Waals surface area contributed by atoms with Crippen LogP contribution >= 0.6 is 0 Å². The summed E-state index contributed by atoms with van der Waals surface area (Å²) in [5, 5.41) is 0. The molecule has 1 aromatic rings. The first kappa shape index (κ1) is 14.2. The van der Waals surface area contributed by atoms with E-state index in [4.69, 9.17) is 5.73 Å². The Morgan fingerprint density at radius 1 is 1.32 bits per heavy atom. The molecule has 4 nitrogen and oxygen atoms in total. The van der Waals surface area contributed by atoms with E-state index in [0.29, 0.717) is 6.42 Å². The molecule has 1 aromatic carbocycles. The van der Waals surface area contributed by atoms with Gasteiger partial charge in [-0.2, -0.15) is 4.31 Å². The lowest BCUT2D eigenvalue weighted by atomic mass is 10.0. The van der Waals surface area contributed by atoms with E-state index in [-0.39, 0.29) is 24.7 Å². The smallest absolute Gasteiger partial charge is 0.248 e. The van der Waals surface area contributed by atoms with E-state index in [1.54, 1.807) is 0 Å². The Balaban J connectivity index is 2.45. The average molecular weight is 290 g/mol. The van der Waals surface area contributed by atoms with Gasteiger partial charge in [0.25, 0.3) is 0 Å². The van der Waals surface area contributed by atoms with Gasteiger partial charge in [0.05, 0.1) is 0 Å². The molecule has 1 aliphatic rings. The molecule has 0 aromatic heterocycles. The molecule has 0 aliphatic carbocycles. The summed E-state index contributed by atoms with van der Waals surface area (Å²) in [7, 11) is -4.15. The van der Waals surface area contributed by atoms with Crippen LogP contribution in [-0.4, -0.2) is 25.8 Å². The maximum Gasteiger partial charge on any atom is 0.248 e. The lowest BCUT2D eigenvalue weighted by Gasteiger charge is -2.30. The van der Waals surface area contributed by atoms with Gasteiger partial charge in [-0.1, -0.05) is 6.92 Å². The second-order valence-corrected chi connectivity index (χ2v) is 6.80. The Morgan fingerprint density at radius 3 is 2.42 bits per heavy atom. The van der Waals surface area contributed by atoms with E-state index in [1.807, 2.05) is 6.92 Å². The van der Waals surface area contributed by atoms with Crippen molar-refractivity contribution in [2.24, 2.45) is 5.92 Å². The molecule has 1 fully saturated rings. The number of nitrogens with two attached hydrogens (primary N) is 1. The van der Waals surface area contributed by atoms with Crippen molar-refractivity contribution in [3.05, 3.63) is 23.8 Å². The molecule has 0 radical (unpaired) electrons. The third kappa shape index (κ3) is 2.71. The van der Waals surface area contributed by atoms with Gasteiger partial charge >= 0.3 is 0 Å². The molecule has 0 bridgehead atoms. The molecule has 2 rings (SSSR count). The number of benzene rings is 1. The van der Waals surface area contributed by atoms with Gasteiger partial charge in [0.1, 0.15) is 11.6 Å². The Hall–Kier alpha value is -1.21. The standard InChI is InChI=1S/C12H16F2N2O2S/c1-8-3-2-4-16(7-8)19(17,18)12-10(13)5-9(15)6-11(12)14/h5-6,8H,2-4,7,15H2,1H3. The minimum Gasteiger partial charge on any atom is -0.399 e. The summed E-state index contributed by atoms with van der Waals surface area (Å²) >= 11 is 0. The minimum absolute atomic E-state index is 0.138. The maximum absolute atomic E-state index is 13.7. The summed E-state index contributed by atoms with van der Waals surface area (Å²) in [4.78, 5) is -0.907. The Morgan fingerprint density at radius 2 is 1.89 bits per heavy atom. The van der Waals surface area contributed by atoms with Gasteiger partial charge in [-0.05, 0) is 30.9 Å². The Bertz CT molecular complexity index is 566. The van der Waals surface area contributed by atoms with Gasteiger partial charge in [-0.15, -0.1) is 0 Å². The molecule has 1 heterocycles. The van der Waals surface area contributed by atoms with E-state index in [2.05, 4.69) is 0 Å². The zero-order valence-electron chi connectivity index (χ0n) is 10.6. The number of piperidine rings is 1. The first-order valence-electron chi connectivity index (χ1n) is 6.07. The highest BCUT2D eigenvalue weighted by atomic mass is 32.2. The van der Waals surface area contributed by atoms with Crippen LogP contribution in [0.5, 0.6) is 0 Å². The third-order valence-corrected chi connectivity index (χ3v) is 5.16. The zero-order valence-corrected chi connectivity index (χ0v) is 11.4. The number of nitrogens with zero attached hydrogens (tertiary/aromatic N) is 1. The van der Waals surface area contributed by atoms with Crippen LogP contribution in [0.4, 0.5) is 14.5 Å². The van der Waals surface area contributed by atoms with Crippen molar-refractivity contribution >= 4 is 15.7 Å². The van der Waals surface area contributed by atoms with E-state index < -0.39 is 26.6 Å². The third-order valence-electron chi connectivity index (χ3n) is 3.24. The number of hydrogen-bond donors (Lipinski definition) is 1. The summed E-state index contributed by atoms with van der Waals surface area (Å²) < 4.78 is 53.2. The van der Waals surface area contributed by atoms with Crippen molar-refractivity contribution < 1.29 is 17.2 Å². The second kappa shape index (κ2) is 5.05. The van der Waals surface area contributed by atoms with Crippen molar-refractivity contribution in [3.8, 4) is 0 Å². The normalized spacial score (nSPS) is 21.5. The molecule has 2 N–H and O–H groups in total. The molecule has 1 unspecified atom stereocenters. The molecule has 19 heavy (non-hydrogen) atoms. The first-order valence-corrected chi connectivity index (χ1v) is 7.51. The Labute approximate surface area is 111 Å². The maximum atomic E-state index is 13.7. The number of rotatable bonds is 2. The summed E-state index contributed by atoms with van der Waals surface area (Å²) in [6.45, 7) is 2.49. The van der Waals surface area contributed by atoms with Crippen molar-refractivity contribution in [2.75, 3.05) is 18.8 Å². The molecule has 0 saturated carbocycles. The van der Waals surface area contributed by atoms with Crippen LogP contribution in [-0.2, 0) is 10.0 Å². The molecule has 1 atom stereocenters. The summed E-state index contributed by atoms with van der Waals surface area (Å²) in [5.74, 6) is -2.10. The van der Waals surface area contributed by atoms with Crippen molar-refractivity contribution in [3.63, 3.8) is 0 Å². The predicted molar refractivity (Wildman–Crippen MR) is 67.9 cm³/mol. The lowest BCUT2D eigenvalue weighted by molar-refractivity contribution is 0.279. The predicted octanol–water partition coefficient (Wildman–Crippen LogP) is 1.97. The molecule has 1 saturated heterocycles. The highest BCUT2D eigenvalue weighted by Gasteiger charge is 2.33. The van der Waals surface area contributed by atoms with Crippen molar-refractivity contribution in [1.29, 1.82) is 0 Å². The molecular formula is C12H16F2N2O2S. The minimum atomic E-state index is -4.15. The Kier molecular flexibility index (Phi) is 3.78. The van der Waals surface area contributed by atoms with Gasteiger partial charge in [-0.3, -0.25) is 0 Å². The first-order chi connectivity index (χ1) is 8.82. The topological polar surface area (TPSA) is 63.4 Å². The van der Waals surface area contributed by atoms with E-state index in [0.717, 1.165) is 22.9 Å². The second-order valence-electron chi connectivity index (χ2n) is 4.92. The number of sulfonamides is 1. The van der Waals surface area contributed by atoms with Crippen LogP contribution in [0.15, 0.2) is 17.0 Å². The van der Waals surface area contributed by atoms with E-state index in [1.165, 1.54) is 0 Å². The van der Waals surface area contributed by atoms with Gasteiger partial charge in [0.15, 0.2) is 4.90 Å². The van der Waals surface area contributed by atoms with Crippen LogP contribution in [0, 0.1) is 17.6 Å². The molecule has 0 spiro atoms. The zero-order chi connectivity index (χ0) is 14.2. The van der Waals surface area contributed by atoms with Crippen LogP contribution in [0.2, 0.25) is 0 Å². The average Bonchev–Trinajstić information content (AvgIpc) is 2.26. The molecule has 1 aliphatic heterocycles. The monoisotopic (exact) mass is 290 g/mol. The molecular weight excluding hydrogens is 274 g/mol. The quantitative estimate of drug-likeness (QED) is 0.847. The molecule has 0 amide bonds. The summed E-state index contributed by atoms with van der Waals surface area (Å²) in [6.07, 6.45) is 1.61. The number of hydrogen-bond acceptors (Lipinski definition) is 3. The van der Waals surface area contributed by atoms with Crippen LogP contribution in [0.1, 0.15) is 19.8 Å². The van der Waals surface area contributed by atoms with E-state index in [9.17, 15) is 17.2 Å². The lowest BCUT2D eigenvalue weighted by Crippen LogP contribution is -2.39. The highest BCUT2D eigenvalue weighted by Crippen LogP contribution is 2.28. The van der Waals surface area contributed by atoms with Gasteiger partial charge < -0.3 is 5.73 Å². The summed E-state index contributed by atoms with van der Waals surface area (Å²) in [5.41, 5.74) is 5.15. The van der Waals surface area contributed by atoms with Crippen molar-refractivity contribution in [2.45, 2.75) is 24.7 Å². The number of nitrogen functional groups attached to an aromatic ring is 1.